The third kappa shape index (κ3) is 3.94. The Bertz CT molecular complexity index is 402. The zero-order valence-corrected chi connectivity index (χ0v) is 11.2. The second kappa shape index (κ2) is 6.39. The highest BCUT2D eigenvalue weighted by Gasteiger charge is 2.37. The smallest absolute Gasteiger partial charge is 0.386 e. The predicted octanol–water partition coefficient (Wildman–Crippen LogP) is 3.80. The van der Waals surface area contributed by atoms with Crippen LogP contribution < -0.4 is 0 Å². The molecule has 0 aliphatic rings. The van der Waals surface area contributed by atoms with Gasteiger partial charge >= 0.3 is 6.18 Å². The Balaban J connectivity index is 3.14. The Morgan fingerprint density at radius 1 is 1.21 bits per heavy atom. The third-order valence-corrected chi connectivity index (χ3v) is 2.91. The number of aliphatic hydroxyl groups is 1. The third-order valence-electron chi connectivity index (χ3n) is 2.91. The first-order valence-electron chi connectivity index (χ1n) is 6.24. The largest absolute Gasteiger partial charge is 0.416 e. The molecule has 5 heteroatoms. The summed E-state index contributed by atoms with van der Waals surface area (Å²) in [7, 11) is 0. The van der Waals surface area contributed by atoms with E-state index in [2.05, 4.69) is 0 Å². The molecule has 1 aromatic carbocycles. The summed E-state index contributed by atoms with van der Waals surface area (Å²) >= 11 is 0. The van der Waals surface area contributed by atoms with Gasteiger partial charge in [0.1, 0.15) is 6.10 Å². The van der Waals surface area contributed by atoms with E-state index < -0.39 is 23.9 Å². The molecule has 1 N–H and O–H groups in total. The summed E-state index contributed by atoms with van der Waals surface area (Å²) < 4.78 is 44.1. The summed E-state index contributed by atoms with van der Waals surface area (Å²) in [5, 5.41) is 10.2. The number of benzene rings is 1. The Morgan fingerprint density at radius 3 is 2.26 bits per heavy atom. The van der Waals surface area contributed by atoms with Crippen molar-refractivity contribution in [2.24, 2.45) is 5.92 Å². The van der Waals surface area contributed by atoms with Crippen LogP contribution in [0.2, 0.25) is 0 Å². The van der Waals surface area contributed by atoms with Crippen LogP contribution in [0.5, 0.6) is 0 Å². The average molecular weight is 276 g/mol. The van der Waals surface area contributed by atoms with Crippen LogP contribution in [-0.2, 0) is 10.9 Å². The number of alkyl halides is 3. The molecule has 0 aliphatic heterocycles. The molecule has 0 saturated carbocycles. The van der Waals surface area contributed by atoms with E-state index in [9.17, 15) is 18.3 Å². The van der Waals surface area contributed by atoms with Gasteiger partial charge in [-0.15, -0.1) is 0 Å². The predicted molar refractivity (Wildman–Crippen MR) is 66.7 cm³/mol. The normalized spacial score (nSPS) is 15.6. The minimum Gasteiger partial charge on any atom is -0.386 e. The topological polar surface area (TPSA) is 29.5 Å². The molecule has 0 fully saturated rings. The molecule has 0 spiro atoms. The summed E-state index contributed by atoms with van der Waals surface area (Å²) in [6.07, 6.45) is -6.43. The van der Waals surface area contributed by atoms with Crippen molar-refractivity contribution >= 4 is 0 Å². The molecule has 2 nitrogen and oxygen atoms in total. The second-order valence-corrected chi connectivity index (χ2v) is 4.69. The van der Waals surface area contributed by atoms with Crippen LogP contribution >= 0.6 is 0 Å². The monoisotopic (exact) mass is 276 g/mol. The van der Waals surface area contributed by atoms with Gasteiger partial charge in [0.15, 0.2) is 0 Å². The molecule has 0 amide bonds. The van der Waals surface area contributed by atoms with E-state index in [-0.39, 0.29) is 11.5 Å². The zero-order valence-electron chi connectivity index (χ0n) is 11.2. The van der Waals surface area contributed by atoms with Crippen LogP contribution in [0.25, 0.3) is 0 Å². The lowest BCUT2D eigenvalue weighted by molar-refractivity contribution is -0.140. The zero-order chi connectivity index (χ0) is 14.6. The van der Waals surface area contributed by atoms with Gasteiger partial charge in [0, 0.05) is 6.61 Å². The minimum atomic E-state index is -4.48. The number of ether oxygens (including phenoxy) is 1. The Morgan fingerprint density at radius 2 is 1.79 bits per heavy atom. The van der Waals surface area contributed by atoms with Crippen molar-refractivity contribution < 1.29 is 23.0 Å². The Kier molecular flexibility index (Phi) is 5.38. The lowest BCUT2D eigenvalue weighted by Gasteiger charge is -2.28. The van der Waals surface area contributed by atoms with Crippen molar-refractivity contribution in [3.8, 4) is 0 Å². The standard InChI is InChI=1S/C14H19F3O2/c1-4-19-13(9(2)3)12(18)10-7-5-6-8-11(10)14(15,16)17/h5-9,12-13,18H,4H2,1-3H3. The van der Waals surface area contributed by atoms with Gasteiger partial charge in [-0.3, -0.25) is 0 Å². The van der Waals surface area contributed by atoms with Crippen molar-refractivity contribution in [2.75, 3.05) is 6.61 Å². The summed E-state index contributed by atoms with van der Waals surface area (Å²) in [5.74, 6) is -0.0868. The Labute approximate surface area is 111 Å². The van der Waals surface area contributed by atoms with E-state index in [1.165, 1.54) is 18.2 Å². The van der Waals surface area contributed by atoms with Crippen molar-refractivity contribution in [1.82, 2.24) is 0 Å². The van der Waals surface area contributed by atoms with E-state index in [0.717, 1.165) is 6.07 Å². The second-order valence-electron chi connectivity index (χ2n) is 4.69. The van der Waals surface area contributed by atoms with E-state index in [1.807, 2.05) is 0 Å². The summed E-state index contributed by atoms with van der Waals surface area (Å²) in [5.41, 5.74) is -0.949. The van der Waals surface area contributed by atoms with Gasteiger partial charge < -0.3 is 9.84 Å². The SMILES string of the molecule is CCOC(C(C)C)C(O)c1ccccc1C(F)(F)F. The van der Waals surface area contributed by atoms with E-state index in [1.54, 1.807) is 20.8 Å². The molecule has 0 aromatic heterocycles. The van der Waals surface area contributed by atoms with Gasteiger partial charge in [-0.2, -0.15) is 13.2 Å². The van der Waals surface area contributed by atoms with Crippen LogP contribution in [0.3, 0.4) is 0 Å². The molecule has 19 heavy (non-hydrogen) atoms. The van der Waals surface area contributed by atoms with Crippen LogP contribution in [0.15, 0.2) is 24.3 Å². The summed E-state index contributed by atoms with van der Waals surface area (Å²) in [4.78, 5) is 0. The van der Waals surface area contributed by atoms with Gasteiger partial charge in [-0.05, 0) is 24.5 Å². The fraction of sp³-hybridized carbons (Fsp3) is 0.571. The molecule has 0 bridgehead atoms. The number of rotatable bonds is 5. The van der Waals surface area contributed by atoms with Gasteiger partial charge in [-0.1, -0.05) is 32.0 Å². The number of hydrogen-bond acceptors (Lipinski definition) is 2. The molecule has 1 aromatic rings. The van der Waals surface area contributed by atoms with Crippen molar-refractivity contribution in [3.63, 3.8) is 0 Å². The molecule has 0 aliphatic carbocycles. The van der Waals surface area contributed by atoms with Crippen molar-refractivity contribution in [3.05, 3.63) is 35.4 Å². The van der Waals surface area contributed by atoms with Crippen LogP contribution in [0.1, 0.15) is 38.0 Å². The highest BCUT2D eigenvalue weighted by Crippen LogP contribution is 2.36. The van der Waals surface area contributed by atoms with Gasteiger partial charge in [0.05, 0.1) is 11.7 Å². The van der Waals surface area contributed by atoms with Gasteiger partial charge in [-0.25, -0.2) is 0 Å². The van der Waals surface area contributed by atoms with E-state index >= 15 is 0 Å². The number of aliphatic hydroxyl groups excluding tert-OH is 1. The van der Waals surface area contributed by atoms with Crippen molar-refractivity contribution in [2.45, 2.75) is 39.2 Å². The maximum atomic E-state index is 12.9. The first-order chi connectivity index (χ1) is 8.79. The van der Waals surface area contributed by atoms with E-state index in [4.69, 9.17) is 4.74 Å². The molecular formula is C14H19F3O2. The molecule has 2 atom stereocenters. The summed E-state index contributed by atoms with van der Waals surface area (Å²) in [6, 6.07) is 5.06. The van der Waals surface area contributed by atoms with Crippen LogP contribution in [-0.4, -0.2) is 17.8 Å². The number of hydrogen-bond donors (Lipinski definition) is 1. The molecule has 108 valence electrons. The lowest BCUT2D eigenvalue weighted by atomic mass is 9.92. The highest BCUT2D eigenvalue weighted by atomic mass is 19.4. The van der Waals surface area contributed by atoms with E-state index in [0.29, 0.717) is 6.61 Å². The molecule has 0 saturated heterocycles. The minimum absolute atomic E-state index is 0.0868. The van der Waals surface area contributed by atoms with Crippen molar-refractivity contribution in [1.29, 1.82) is 0 Å². The summed E-state index contributed by atoms with van der Waals surface area (Å²) in [6.45, 7) is 5.70. The fourth-order valence-electron chi connectivity index (χ4n) is 2.03. The van der Waals surface area contributed by atoms with Crippen LogP contribution in [0.4, 0.5) is 13.2 Å². The molecule has 0 radical (unpaired) electrons. The van der Waals surface area contributed by atoms with Gasteiger partial charge in [0.2, 0.25) is 0 Å². The number of halogens is 3. The molecular weight excluding hydrogens is 257 g/mol. The quantitative estimate of drug-likeness (QED) is 0.886. The maximum Gasteiger partial charge on any atom is 0.416 e. The highest BCUT2D eigenvalue weighted by molar-refractivity contribution is 5.32. The molecule has 1 rings (SSSR count). The lowest BCUT2D eigenvalue weighted by Crippen LogP contribution is -2.29. The first kappa shape index (κ1) is 16.0. The van der Waals surface area contributed by atoms with Crippen LogP contribution in [0, 0.1) is 5.92 Å². The molecule has 2 unspecified atom stereocenters. The first-order valence-corrected chi connectivity index (χ1v) is 6.24. The average Bonchev–Trinajstić information content (AvgIpc) is 2.33. The van der Waals surface area contributed by atoms with Gasteiger partial charge in [0.25, 0.3) is 0 Å². The maximum absolute atomic E-state index is 12.9. The Hall–Kier alpha value is -1.07. The molecule has 0 heterocycles. The fourth-order valence-corrected chi connectivity index (χ4v) is 2.03.